The van der Waals surface area contributed by atoms with E-state index in [0.29, 0.717) is 6.61 Å². The van der Waals surface area contributed by atoms with Crippen LogP contribution in [0.15, 0.2) is 23.9 Å². The molecule has 1 aliphatic rings. The first-order valence-corrected chi connectivity index (χ1v) is 4.06. The molecular weight excluding hydrogens is 166 g/mol. The van der Waals surface area contributed by atoms with Gasteiger partial charge in [-0.05, 0) is 18.2 Å². The average molecular weight is 177 g/mol. The second-order valence-corrected chi connectivity index (χ2v) is 2.91. The Morgan fingerprint density at radius 2 is 2.31 bits per heavy atom. The van der Waals surface area contributed by atoms with E-state index in [1.54, 1.807) is 7.11 Å². The van der Waals surface area contributed by atoms with E-state index in [0.717, 1.165) is 22.8 Å². The lowest BCUT2D eigenvalue weighted by atomic mass is 10.1. The molecular formula is C10H11NO2. The number of methoxy groups -OCH3 is 1. The average Bonchev–Trinajstić information content (AvgIpc) is 2.17. The Morgan fingerprint density at radius 3 is 3.08 bits per heavy atom. The molecule has 68 valence electrons. The summed E-state index contributed by atoms with van der Waals surface area (Å²) in [4.78, 5) is 0. The van der Waals surface area contributed by atoms with Crippen LogP contribution in [0.3, 0.4) is 0 Å². The van der Waals surface area contributed by atoms with Gasteiger partial charge in [-0.1, -0.05) is 0 Å². The summed E-state index contributed by atoms with van der Waals surface area (Å²) in [5.41, 5.74) is 7.38. The minimum Gasteiger partial charge on any atom is -0.497 e. The summed E-state index contributed by atoms with van der Waals surface area (Å²) < 4.78 is 10.5. The van der Waals surface area contributed by atoms with Crippen molar-refractivity contribution in [2.45, 2.75) is 0 Å². The summed E-state index contributed by atoms with van der Waals surface area (Å²) in [5, 5.41) is 0. The number of hydrogen-bond acceptors (Lipinski definition) is 3. The molecule has 3 nitrogen and oxygen atoms in total. The first-order valence-electron chi connectivity index (χ1n) is 4.06. The summed E-state index contributed by atoms with van der Waals surface area (Å²) in [6.45, 7) is 0.458. The third-order valence-electron chi connectivity index (χ3n) is 1.96. The van der Waals surface area contributed by atoms with Crippen LogP contribution in [0.2, 0.25) is 0 Å². The normalized spacial score (nSPS) is 14.1. The van der Waals surface area contributed by atoms with Gasteiger partial charge in [0.25, 0.3) is 0 Å². The Labute approximate surface area is 76.8 Å². The standard InChI is InChI=1S/C10H11NO2/c1-12-9-3-2-7-4-8(11)6-13-10(7)5-9/h2-5H,6,11H2,1H3. The van der Waals surface area contributed by atoms with Crippen molar-refractivity contribution in [3.8, 4) is 11.5 Å². The van der Waals surface area contributed by atoms with E-state index in [1.165, 1.54) is 0 Å². The summed E-state index contributed by atoms with van der Waals surface area (Å²) >= 11 is 0. The van der Waals surface area contributed by atoms with Crippen LogP contribution < -0.4 is 15.2 Å². The molecule has 0 amide bonds. The van der Waals surface area contributed by atoms with E-state index in [-0.39, 0.29) is 0 Å². The van der Waals surface area contributed by atoms with Crippen molar-refractivity contribution in [1.29, 1.82) is 0 Å². The van der Waals surface area contributed by atoms with Gasteiger partial charge in [0.05, 0.1) is 7.11 Å². The predicted octanol–water partition coefficient (Wildman–Crippen LogP) is 1.39. The van der Waals surface area contributed by atoms with Gasteiger partial charge in [-0.3, -0.25) is 0 Å². The smallest absolute Gasteiger partial charge is 0.130 e. The van der Waals surface area contributed by atoms with Crippen LogP contribution in [0.25, 0.3) is 6.08 Å². The molecule has 1 heterocycles. The number of ether oxygens (including phenoxy) is 2. The monoisotopic (exact) mass is 177 g/mol. The molecule has 0 radical (unpaired) electrons. The Kier molecular flexibility index (Phi) is 1.85. The number of fused-ring (bicyclic) bond motifs is 1. The van der Waals surface area contributed by atoms with Gasteiger partial charge in [0.1, 0.15) is 18.1 Å². The molecule has 0 saturated carbocycles. The zero-order valence-electron chi connectivity index (χ0n) is 7.41. The van der Waals surface area contributed by atoms with Crippen LogP contribution in [-0.4, -0.2) is 13.7 Å². The minimum absolute atomic E-state index is 0.458. The van der Waals surface area contributed by atoms with Crippen molar-refractivity contribution in [2.24, 2.45) is 5.73 Å². The molecule has 1 aromatic rings. The van der Waals surface area contributed by atoms with E-state index in [2.05, 4.69) is 0 Å². The Hall–Kier alpha value is -1.64. The number of hydrogen-bond donors (Lipinski definition) is 1. The fourth-order valence-corrected chi connectivity index (χ4v) is 1.29. The molecule has 1 aromatic carbocycles. The second kappa shape index (κ2) is 3.01. The van der Waals surface area contributed by atoms with E-state index >= 15 is 0 Å². The maximum atomic E-state index is 5.62. The lowest BCUT2D eigenvalue weighted by Crippen LogP contribution is -2.13. The minimum atomic E-state index is 0.458. The molecule has 0 atom stereocenters. The number of nitrogens with two attached hydrogens (primary N) is 1. The number of rotatable bonds is 1. The Bertz CT molecular complexity index is 358. The van der Waals surface area contributed by atoms with Gasteiger partial charge in [0, 0.05) is 17.3 Å². The van der Waals surface area contributed by atoms with E-state index in [1.807, 2.05) is 24.3 Å². The van der Waals surface area contributed by atoms with Gasteiger partial charge in [-0.2, -0.15) is 0 Å². The van der Waals surface area contributed by atoms with Crippen molar-refractivity contribution in [2.75, 3.05) is 13.7 Å². The van der Waals surface area contributed by atoms with Crippen molar-refractivity contribution >= 4 is 6.08 Å². The molecule has 0 unspecified atom stereocenters. The van der Waals surface area contributed by atoms with Crippen LogP contribution in [0.5, 0.6) is 11.5 Å². The highest BCUT2D eigenvalue weighted by Gasteiger charge is 2.09. The molecule has 0 spiro atoms. The second-order valence-electron chi connectivity index (χ2n) is 2.91. The van der Waals surface area contributed by atoms with Gasteiger partial charge < -0.3 is 15.2 Å². The van der Waals surface area contributed by atoms with Crippen LogP contribution in [0, 0.1) is 0 Å². The molecule has 0 aliphatic carbocycles. The lowest BCUT2D eigenvalue weighted by molar-refractivity contribution is 0.341. The van der Waals surface area contributed by atoms with E-state index < -0.39 is 0 Å². The van der Waals surface area contributed by atoms with Gasteiger partial charge >= 0.3 is 0 Å². The molecule has 0 saturated heterocycles. The summed E-state index contributed by atoms with van der Waals surface area (Å²) in [7, 11) is 1.63. The zero-order chi connectivity index (χ0) is 9.26. The fraction of sp³-hybridized carbons (Fsp3) is 0.200. The largest absolute Gasteiger partial charge is 0.497 e. The van der Waals surface area contributed by atoms with Crippen molar-refractivity contribution in [3.63, 3.8) is 0 Å². The molecule has 0 bridgehead atoms. The maximum Gasteiger partial charge on any atom is 0.130 e. The maximum absolute atomic E-state index is 5.62. The zero-order valence-corrected chi connectivity index (χ0v) is 7.41. The van der Waals surface area contributed by atoms with Crippen molar-refractivity contribution < 1.29 is 9.47 Å². The predicted molar refractivity (Wildman–Crippen MR) is 50.7 cm³/mol. The SMILES string of the molecule is COc1ccc2c(c1)OCC(N)=C2. The highest BCUT2D eigenvalue weighted by atomic mass is 16.5. The number of benzene rings is 1. The van der Waals surface area contributed by atoms with Gasteiger partial charge in [-0.15, -0.1) is 0 Å². The molecule has 0 aromatic heterocycles. The van der Waals surface area contributed by atoms with E-state index in [9.17, 15) is 0 Å². The molecule has 2 N–H and O–H groups in total. The van der Waals surface area contributed by atoms with Crippen LogP contribution in [0.1, 0.15) is 5.56 Å². The highest BCUT2D eigenvalue weighted by molar-refractivity contribution is 5.63. The molecule has 3 heteroatoms. The van der Waals surface area contributed by atoms with E-state index in [4.69, 9.17) is 15.2 Å². The molecule has 0 fully saturated rings. The fourth-order valence-electron chi connectivity index (χ4n) is 1.29. The van der Waals surface area contributed by atoms with Gasteiger partial charge in [0.2, 0.25) is 0 Å². The Balaban J connectivity index is 2.43. The van der Waals surface area contributed by atoms with Gasteiger partial charge in [-0.25, -0.2) is 0 Å². The molecule has 2 rings (SSSR count). The summed E-state index contributed by atoms with van der Waals surface area (Å²) in [6.07, 6.45) is 1.91. The third kappa shape index (κ3) is 1.45. The summed E-state index contributed by atoms with van der Waals surface area (Å²) in [5.74, 6) is 1.63. The lowest BCUT2D eigenvalue weighted by Gasteiger charge is -2.15. The Morgan fingerprint density at radius 1 is 1.46 bits per heavy atom. The van der Waals surface area contributed by atoms with Crippen molar-refractivity contribution in [3.05, 3.63) is 29.5 Å². The third-order valence-corrected chi connectivity index (χ3v) is 1.96. The highest BCUT2D eigenvalue weighted by Crippen LogP contribution is 2.28. The molecule has 1 aliphatic heterocycles. The van der Waals surface area contributed by atoms with Gasteiger partial charge in [0.15, 0.2) is 0 Å². The quantitative estimate of drug-likeness (QED) is 0.705. The first-order chi connectivity index (χ1) is 6.29. The van der Waals surface area contributed by atoms with Crippen LogP contribution in [0.4, 0.5) is 0 Å². The van der Waals surface area contributed by atoms with Crippen LogP contribution in [-0.2, 0) is 0 Å². The molecule has 13 heavy (non-hydrogen) atoms. The first kappa shape index (κ1) is 7.98. The topological polar surface area (TPSA) is 44.5 Å². The summed E-state index contributed by atoms with van der Waals surface area (Å²) in [6, 6.07) is 5.68. The van der Waals surface area contributed by atoms with Crippen molar-refractivity contribution in [1.82, 2.24) is 0 Å². The van der Waals surface area contributed by atoms with Crippen LogP contribution >= 0.6 is 0 Å².